The van der Waals surface area contributed by atoms with Gasteiger partial charge in [-0.15, -0.1) is 6.58 Å². The van der Waals surface area contributed by atoms with Crippen LogP contribution in [-0.2, 0) is 0 Å². The van der Waals surface area contributed by atoms with Crippen molar-refractivity contribution in [2.45, 2.75) is 6.92 Å². The minimum Gasteiger partial charge on any atom is -0.367 e. The first-order chi connectivity index (χ1) is 9.69. The van der Waals surface area contributed by atoms with Gasteiger partial charge in [0.1, 0.15) is 5.82 Å². The minimum absolute atomic E-state index is 0.140. The molecule has 2 rings (SSSR count). The third-order valence-corrected chi connectivity index (χ3v) is 2.76. The van der Waals surface area contributed by atoms with E-state index in [1.54, 1.807) is 24.4 Å². The van der Waals surface area contributed by atoms with E-state index in [0.29, 0.717) is 17.8 Å². The van der Waals surface area contributed by atoms with Crippen molar-refractivity contribution in [2.75, 3.05) is 17.2 Å². The highest BCUT2D eigenvalue weighted by Gasteiger charge is 2.05. The topological polar surface area (TPSA) is 54.0 Å². The zero-order valence-corrected chi connectivity index (χ0v) is 11.4. The molecule has 0 atom stereocenters. The molecule has 102 valence electrons. The molecule has 0 fully saturated rings. The largest absolute Gasteiger partial charge is 0.367 e. The van der Waals surface area contributed by atoms with Gasteiger partial charge < -0.3 is 10.6 Å². The highest BCUT2D eigenvalue weighted by Crippen LogP contribution is 2.11. The van der Waals surface area contributed by atoms with Crippen molar-refractivity contribution in [2.24, 2.45) is 0 Å². The Morgan fingerprint density at radius 3 is 2.60 bits per heavy atom. The van der Waals surface area contributed by atoms with Gasteiger partial charge in [-0.3, -0.25) is 4.79 Å². The number of aryl methyl sites for hydroxylation is 1. The summed E-state index contributed by atoms with van der Waals surface area (Å²) in [5.74, 6) is 0.608. The van der Waals surface area contributed by atoms with Gasteiger partial charge in [0, 0.05) is 12.1 Å². The number of carbonyl (C=O) groups excluding carboxylic acids is 1. The molecule has 20 heavy (non-hydrogen) atoms. The summed E-state index contributed by atoms with van der Waals surface area (Å²) in [4.78, 5) is 16.2. The predicted molar refractivity (Wildman–Crippen MR) is 82.1 cm³/mol. The van der Waals surface area contributed by atoms with Crippen molar-refractivity contribution in [3.05, 3.63) is 66.4 Å². The second kappa shape index (κ2) is 6.52. The van der Waals surface area contributed by atoms with E-state index in [9.17, 15) is 4.79 Å². The fourth-order valence-corrected chi connectivity index (χ4v) is 1.66. The van der Waals surface area contributed by atoms with Crippen LogP contribution in [0, 0.1) is 6.92 Å². The molecule has 0 bridgehead atoms. The smallest absolute Gasteiger partial charge is 0.255 e. The van der Waals surface area contributed by atoms with Crippen LogP contribution in [0.3, 0.4) is 0 Å². The van der Waals surface area contributed by atoms with E-state index in [2.05, 4.69) is 22.2 Å². The van der Waals surface area contributed by atoms with Gasteiger partial charge in [-0.2, -0.15) is 0 Å². The maximum atomic E-state index is 12.0. The Bertz CT molecular complexity index is 588. The first kappa shape index (κ1) is 13.8. The molecule has 0 aliphatic rings. The minimum atomic E-state index is -0.140. The summed E-state index contributed by atoms with van der Waals surface area (Å²) in [6, 6.07) is 11.1. The van der Waals surface area contributed by atoms with Crippen LogP contribution in [0.25, 0.3) is 0 Å². The molecular formula is C16H17N3O. The summed E-state index contributed by atoms with van der Waals surface area (Å²) in [5.41, 5.74) is 2.42. The molecule has 1 heterocycles. The molecule has 0 saturated carbocycles. The Balaban J connectivity index is 2.00. The number of carbonyl (C=O) groups is 1. The first-order valence-electron chi connectivity index (χ1n) is 6.38. The van der Waals surface area contributed by atoms with E-state index in [1.807, 2.05) is 31.2 Å². The zero-order valence-electron chi connectivity index (χ0n) is 11.4. The summed E-state index contributed by atoms with van der Waals surface area (Å²) in [5, 5.41) is 5.88. The average Bonchev–Trinajstić information content (AvgIpc) is 2.47. The molecule has 1 aromatic carbocycles. The van der Waals surface area contributed by atoms with E-state index < -0.39 is 0 Å². The summed E-state index contributed by atoms with van der Waals surface area (Å²) < 4.78 is 0. The van der Waals surface area contributed by atoms with Crippen molar-refractivity contribution < 1.29 is 4.79 Å². The summed E-state index contributed by atoms with van der Waals surface area (Å²) in [6.07, 6.45) is 3.38. The Morgan fingerprint density at radius 2 is 2.00 bits per heavy atom. The standard InChI is InChI=1S/C16H17N3O/c1-3-10-17-15-9-8-14(11-18-15)19-16(20)13-6-4-12(2)5-7-13/h3-9,11H,1,10H2,2H3,(H,17,18)(H,19,20). The Hall–Kier alpha value is -2.62. The molecule has 0 saturated heterocycles. The molecule has 4 nitrogen and oxygen atoms in total. The van der Waals surface area contributed by atoms with Gasteiger partial charge in [0.2, 0.25) is 0 Å². The molecular weight excluding hydrogens is 250 g/mol. The number of hydrogen-bond acceptors (Lipinski definition) is 3. The average molecular weight is 267 g/mol. The van der Waals surface area contributed by atoms with Crippen molar-refractivity contribution >= 4 is 17.4 Å². The van der Waals surface area contributed by atoms with Gasteiger partial charge >= 0.3 is 0 Å². The lowest BCUT2D eigenvalue weighted by Gasteiger charge is -2.07. The maximum Gasteiger partial charge on any atom is 0.255 e. The van der Waals surface area contributed by atoms with Gasteiger partial charge in [0.05, 0.1) is 11.9 Å². The zero-order chi connectivity index (χ0) is 14.4. The lowest BCUT2D eigenvalue weighted by atomic mass is 10.1. The van der Waals surface area contributed by atoms with Gasteiger partial charge in [-0.05, 0) is 31.2 Å². The molecule has 4 heteroatoms. The second-order valence-corrected chi connectivity index (χ2v) is 4.42. The van der Waals surface area contributed by atoms with Crippen LogP contribution < -0.4 is 10.6 Å². The maximum absolute atomic E-state index is 12.0. The quantitative estimate of drug-likeness (QED) is 0.818. The fourth-order valence-electron chi connectivity index (χ4n) is 1.66. The molecule has 0 aliphatic heterocycles. The lowest BCUT2D eigenvalue weighted by molar-refractivity contribution is 0.102. The summed E-state index contributed by atoms with van der Waals surface area (Å²) in [6.45, 7) is 6.27. The van der Waals surface area contributed by atoms with E-state index in [4.69, 9.17) is 0 Å². The number of nitrogens with one attached hydrogen (secondary N) is 2. The lowest BCUT2D eigenvalue weighted by Crippen LogP contribution is -2.12. The molecule has 2 aromatic rings. The Kier molecular flexibility index (Phi) is 4.50. The summed E-state index contributed by atoms with van der Waals surface area (Å²) in [7, 11) is 0. The summed E-state index contributed by atoms with van der Waals surface area (Å²) >= 11 is 0. The number of anilines is 2. The van der Waals surface area contributed by atoms with E-state index in [0.717, 1.165) is 11.4 Å². The van der Waals surface area contributed by atoms with Crippen molar-refractivity contribution in [3.63, 3.8) is 0 Å². The fraction of sp³-hybridized carbons (Fsp3) is 0.125. The van der Waals surface area contributed by atoms with E-state index in [1.165, 1.54) is 0 Å². The molecule has 1 amide bonds. The van der Waals surface area contributed by atoms with Crippen LogP contribution in [-0.4, -0.2) is 17.4 Å². The molecule has 0 spiro atoms. The number of amides is 1. The Labute approximate surface area is 118 Å². The molecule has 0 unspecified atom stereocenters. The van der Waals surface area contributed by atoms with Crippen LogP contribution in [0.2, 0.25) is 0 Å². The van der Waals surface area contributed by atoms with Gasteiger partial charge in [0.15, 0.2) is 0 Å². The Morgan fingerprint density at radius 1 is 1.25 bits per heavy atom. The third kappa shape index (κ3) is 3.68. The second-order valence-electron chi connectivity index (χ2n) is 4.42. The van der Waals surface area contributed by atoms with Gasteiger partial charge in [-0.1, -0.05) is 23.8 Å². The molecule has 1 aromatic heterocycles. The van der Waals surface area contributed by atoms with Crippen LogP contribution >= 0.6 is 0 Å². The number of aromatic nitrogens is 1. The third-order valence-electron chi connectivity index (χ3n) is 2.76. The number of benzene rings is 1. The number of pyridine rings is 1. The number of nitrogens with zero attached hydrogens (tertiary/aromatic N) is 1. The van der Waals surface area contributed by atoms with Crippen LogP contribution in [0.1, 0.15) is 15.9 Å². The van der Waals surface area contributed by atoms with Crippen LogP contribution in [0.4, 0.5) is 11.5 Å². The van der Waals surface area contributed by atoms with E-state index >= 15 is 0 Å². The van der Waals surface area contributed by atoms with Crippen molar-refractivity contribution in [1.82, 2.24) is 4.98 Å². The van der Waals surface area contributed by atoms with Crippen LogP contribution in [0.15, 0.2) is 55.3 Å². The van der Waals surface area contributed by atoms with Crippen molar-refractivity contribution in [3.8, 4) is 0 Å². The predicted octanol–water partition coefficient (Wildman–Crippen LogP) is 3.24. The highest BCUT2D eigenvalue weighted by molar-refractivity contribution is 6.04. The first-order valence-corrected chi connectivity index (χ1v) is 6.38. The van der Waals surface area contributed by atoms with Gasteiger partial charge in [-0.25, -0.2) is 4.98 Å². The van der Waals surface area contributed by atoms with Crippen LogP contribution in [0.5, 0.6) is 0 Å². The monoisotopic (exact) mass is 267 g/mol. The molecule has 0 radical (unpaired) electrons. The van der Waals surface area contributed by atoms with Crippen molar-refractivity contribution in [1.29, 1.82) is 0 Å². The normalized spacial score (nSPS) is 9.85. The number of hydrogen-bond donors (Lipinski definition) is 2. The highest BCUT2D eigenvalue weighted by atomic mass is 16.1. The van der Waals surface area contributed by atoms with E-state index in [-0.39, 0.29) is 5.91 Å². The van der Waals surface area contributed by atoms with Gasteiger partial charge in [0.25, 0.3) is 5.91 Å². The SMILES string of the molecule is C=CCNc1ccc(NC(=O)c2ccc(C)cc2)cn1. The number of rotatable bonds is 5. The molecule has 0 aliphatic carbocycles. The molecule has 2 N–H and O–H groups in total.